The van der Waals surface area contributed by atoms with Gasteiger partial charge in [0.1, 0.15) is 0 Å². The van der Waals surface area contributed by atoms with Crippen molar-refractivity contribution < 1.29 is 13.3 Å². The van der Waals surface area contributed by atoms with Gasteiger partial charge in [0.2, 0.25) is 22.2 Å². The number of aromatic nitrogens is 2. The van der Waals surface area contributed by atoms with Crippen molar-refractivity contribution >= 4 is 21.7 Å². The van der Waals surface area contributed by atoms with E-state index in [2.05, 4.69) is 4.98 Å². The van der Waals surface area contributed by atoms with Crippen LogP contribution in [0.4, 0.5) is 11.6 Å². The molecule has 10 heteroatoms. The summed E-state index contributed by atoms with van der Waals surface area (Å²) in [6, 6.07) is 6.73. The maximum absolute atomic E-state index is 12.7. The highest BCUT2D eigenvalue weighted by molar-refractivity contribution is 7.89. The summed E-state index contributed by atoms with van der Waals surface area (Å²) < 4.78 is 28.4. The third-order valence-corrected chi connectivity index (χ3v) is 6.17. The van der Waals surface area contributed by atoms with Crippen molar-refractivity contribution in [1.82, 2.24) is 13.9 Å². The standard InChI is InChI=1S/C15H19N5O4S/c1-12-3-5-13(6-4-12)25(23,24)19-9-7-18(8-10-19)15-14(20(21)22)16-11-17(15)2/h3-6,11H,7-10H2,1-2H3. The highest BCUT2D eigenvalue weighted by Gasteiger charge is 2.32. The lowest BCUT2D eigenvalue weighted by molar-refractivity contribution is -0.388. The van der Waals surface area contributed by atoms with Crippen molar-refractivity contribution in [2.24, 2.45) is 7.05 Å². The molecule has 0 radical (unpaired) electrons. The Morgan fingerprint density at radius 3 is 2.28 bits per heavy atom. The van der Waals surface area contributed by atoms with Gasteiger partial charge in [-0.3, -0.25) is 4.57 Å². The van der Waals surface area contributed by atoms with Crippen LogP contribution in [0.2, 0.25) is 0 Å². The zero-order valence-electron chi connectivity index (χ0n) is 14.0. The maximum Gasteiger partial charge on any atom is 0.406 e. The predicted molar refractivity (Wildman–Crippen MR) is 92.0 cm³/mol. The van der Waals surface area contributed by atoms with Crippen molar-refractivity contribution in [2.75, 3.05) is 31.1 Å². The molecule has 0 spiro atoms. The molecule has 0 atom stereocenters. The molecular formula is C15H19N5O4S. The van der Waals surface area contributed by atoms with E-state index in [9.17, 15) is 18.5 Å². The summed E-state index contributed by atoms with van der Waals surface area (Å²) in [6.07, 6.45) is 1.39. The largest absolute Gasteiger partial charge is 0.406 e. The van der Waals surface area contributed by atoms with Gasteiger partial charge in [-0.15, -0.1) is 0 Å². The summed E-state index contributed by atoms with van der Waals surface area (Å²) in [5.74, 6) is 0.190. The van der Waals surface area contributed by atoms with E-state index in [-0.39, 0.29) is 23.8 Å². The Labute approximate surface area is 145 Å². The highest BCUT2D eigenvalue weighted by Crippen LogP contribution is 2.28. The van der Waals surface area contributed by atoms with Crippen LogP contribution in [0.1, 0.15) is 5.56 Å². The van der Waals surface area contributed by atoms with Gasteiger partial charge in [0.05, 0.1) is 4.90 Å². The molecule has 2 heterocycles. The van der Waals surface area contributed by atoms with Gasteiger partial charge in [-0.2, -0.15) is 4.31 Å². The van der Waals surface area contributed by atoms with Crippen molar-refractivity contribution in [1.29, 1.82) is 0 Å². The lowest BCUT2D eigenvalue weighted by Crippen LogP contribution is -2.49. The first-order chi connectivity index (χ1) is 11.8. The number of hydrogen-bond donors (Lipinski definition) is 0. The monoisotopic (exact) mass is 365 g/mol. The maximum atomic E-state index is 12.7. The molecule has 3 rings (SSSR count). The first kappa shape index (κ1) is 17.4. The van der Waals surface area contributed by atoms with Gasteiger partial charge < -0.3 is 15.0 Å². The lowest BCUT2D eigenvalue weighted by Gasteiger charge is -2.34. The van der Waals surface area contributed by atoms with E-state index >= 15 is 0 Å². The lowest BCUT2D eigenvalue weighted by atomic mass is 10.2. The summed E-state index contributed by atoms with van der Waals surface area (Å²) in [4.78, 5) is 16.5. The van der Waals surface area contributed by atoms with Crippen molar-refractivity contribution in [3.8, 4) is 0 Å². The molecule has 1 aliphatic heterocycles. The molecule has 1 saturated heterocycles. The van der Waals surface area contributed by atoms with Crippen LogP contribution >= 0.6 is 0 Å². The van der Waals surface area contributed by atoms with Crippen LogP contribution in [0.5, 0.6) is 0 Å². The number of benzene rings is 1. The number of nitrogens with zero attached hydrogens (tertiary/aromatic N) is 5. The first-order valence-corrected chi connectivity index (χ1v) is 9.22. The minimum Gasteiger partial charge on any atom is -0.358 e. The fourth-order valence-electron chi connectivity index (χ4n) is 2.90. The van der Waals surface area contributed by atoms with Crippen LogP contribution in [0.15, 0.2) is 35.5 Å². The van der Waals surface area contributed by atoms with Gasteiger partial charge in [0.25, 0.3) is 0 Å². The first-order valence-electron chi connectivity index (χ1n) is 7.78. The van der Waals surface area contributed by atoms with E-state index in [1.54, 1.807) is 40.8 Å². The van der Waals surface area contributed by atoms with E-state index in [1.165, 1.54) is 10.6 Å². The molecule has 0 aliphatic carbocycles. The van der Waals surface area contributed by atoms with Crippen LogP contribution in [0.3, 0.4) is 0 Å². The third-order valence-electron chi connectivity index (χ3n) is 4.26. The van der Waals surface area contributed by atoms with E-state index in [0.29, 0.717) is 18.9 Å². The Morgan fingerprint density at radius 1 is 1.12 bits per heavy atom. The number of anilines is 1. The van der Waals surface area contributed by atoms with Crippen molar-refractivity contribution in [2.45, 2.75) is 11.8 Å². The molecule has 0 N–H and O–H groups in total. The predicted octanol–water partition coefficient (Wildman–Crippen LogP) is 1.15. The van der Waals surface area contributed by atoms with Crippen LogP contribution in [-0.4, -0.2) is 53.4 Å². The topological polar surface area (TPSA) is 102 Å². The molecule has 25 heavy (non-hydrogen) atoms. The molecule has 9 nitrogen and oxygen atoms in total. The number of sulfonamides is 1. The van der Waals surface area contributed by atoms with E-state index in [1.807, 2.05) is 6.92 Å². The normalized spacial score (nSPS) is 16.2. The zero-order valence-corrected chi connectivity index (χ0v) is 14.8. The van der Waals surface area contributed by atoms with Gasteiger partial charge in [0, 0.05) is 33.2 Å². The van der Waals surface area contributed by atoms with Crippen LogP contribution in [0.25, 0.3) is 0 Å². The molecule has 0 amide bonds. The van der Waals surface area contributed by atoms with Gasteiger partial charge in [-0.05, 0) is 29.0 Å². The second-order valence-electron chi connectivity index (χ2n) is 5.96. The quantitative estimate of drug-likeness (QED) is 0.595. The van der Waals surface area contributed by atoms with E-state index in [0.717, 1.165) is 5.56 Å². The SMILES string of the molecule is Cc1ccc(S(=O)(=O)N2CCN(c3c([N+](=O)[O-])ncn3C)CC2)cc1. The third kappa shape index (κ3) is 3.22. The summed E-state index contributed by atoms with van der Waals surface area (Å²) in [5.41, 5.74) is 0.993. The molecule has 134 valence electrons. The van der Waals surface area contributed by atoms with Gasteiger partial charge in [0.15, 0.2) is 0 Å². The Kier molecular flexibility index (Phi) is 4.48. The fraction of sp³-hybridized carbons (Fsp3) is 0.400. The Bertz CT molecular complexity index is 883. The number of hydrogen-bond acceptors (Lipinski definition) is 6. The molecule has 0 saturated carbocycles. The number of aryl methyl sites for hydroxylation is 2. The number of piperazine rings is 1. The average Bonchev–Trinajstić information content (AvgIpc) is 2.97. The second kappa shape index (κ2) is 6.45. The molecule has 1 aromatic carbocycles. The van der Waals surface area contributed by atoms with Crippen LogP contribution < -0.4 is 4.90 Å². The van der Waals surface area contributed by atoms with Gasteiger partial charge in [-0.25, -0.2) is 8.42 Å². The molecule has 0 bridgehead atoms. The molecule has 1 aliphatic rings. The average molecular weight is 365 g/mol. The number of nitro groups is 1. The highest BCUT2D eigenvalue weighted by atomic mass is 32.2. The van der Waals surface area contributed by atoms with E-state index < -0.39 is 14.9 Å². The molecule has 1 aromatic heterocycles. The Balaban J connectivity index is 1.77. The van der Waals surface area contributed by atoms with Crippen molar-refractivity contribution in [3.05, 3.63) is 46.3 Å². The fourth-order valence-corrected chi connectivity index (χ4v) is 4.33. The minimum absolute atomic E-state index is 0.211. The van der Waals surface area contributed by atoms with Gasteiger partial charge >= 0.3 is 5.82 Å². The Morgan fingerprint density at radius 2 is 1.72 bits per heavy atom. The summed E-state index contributed by atoms with van der Waals surface area (Å²) >= 11 is 0. The number of imidazole rings is 1. The summed E-state index contributed by atoms with van der Waals surface area (Å²) in [5, 5.41) is 11.1. The second-order valence-corrected chi connectivity index (χ2v) is 7.90. The zero-order chi connectivity index (χ0) is 18.2. The van der Waals surface area contributed by atoms with Crippen molar-refractivity contribution in [3.63, 3.8) is 0 Å². The van der Waals surface area contributed by atoms with E-state index in [4.69, 9.17) is 0 Å². The van der Waals surface area contributed by atoms with Crippen LogP contribution in [0, 0.1) is 17.0 Å². The summed E-state index contributed by atoms with van der Waals surface area (Å²) in [7, 11) is -1.87. The minimum atomic E-state index is -3.56. The smallest absolute Gasteiger partial charge is 0.358 e. The molecule has 2 aromatic rings. The summed E-state index contributed by atoms with van der Waals surface area (Å²) in [6.45, 7) is 3.16. The number of rotatable bonds is 4. The molecular weight excluding hydrogens is 346 g/mol. The van der Waals surface area contributed by atoms with Crippen LogP contribution in [-0.2, 0) is 17.1 Å². The van der Waals surface area contributed by atoms with Gasteiger partial charge in [-0.1, -0.05) is 17.7 Å². The molecule has 1 fully saturated rings. The Hall–Kier alpha value is -2.46. The molecule has 0 unspecified atom stereocenters.